The number of hydrogen-bond donors (Lipinski definition) is 1. The van der Waals surface area contributed by atoms with Gasteiger partial charge in [-0.1, -0.05) is 35.9 Å². The van der Waals surface area contributed by atoms with Crippen LogP contribution in [0.5, 0.6) is 0 Å². The second kappa shape index (κ2) is 6.66. The Kier molecular flexibility index (Phi) is 4.21. The number of halogens is 1. The summed E-state index contributed by atoms with van der Waals surface area (Å²) in [7, 11) is 0. The number of nitrogens with zero attached hydrogens (tertiary/aromatic N) is 3. The van der Waals surface area contributed by atoms with Crippen molar-refractivity contribution in [1.29, 1.82) is 0 Å². The molecule has 0 saturated heterocycles. The van der Waals surface area contributed by atoms with E-state index in [0.717, 1.165) is 20.6 Å². The Morgan fingerprint density at radius 3 is 2.92 bits per heavy atom. The van der Waals surface area contributed by atoms with Crippen LogP contribution in [-0.2, 0) is 11.3 Å². The van der Waals surface area contributed by atoms with Gasteiger partial charge in [-0.25, -0.2) is 0 Å². The Hall–Kier alpha value is -2.70. The number of amides is 1. The van der Waals surface area contributed by atoms with Gasteiger partial charge in [-0.05, 0) is 24.3 Å². The van der Waals surface area contributed by atoms with Crippen LogP contribution in [0.15, 0.2) is 54.7 Å². The minimum Gasteiger partial charge on any atom is -0.345 e. The lowest BCUT2D eigenvalue weighted by molar-refractivity contribution is -0.116. The molecule has 0 aliphatic heterocycles. The summed E-state index contributed by atoms with van der Waals surface area (Å²) < 4.78 is 2.94. The molecule has 25 heavy (non-hydrogen) atoms. The van der Waals surface area contributed by atoms with E-state index in [1.807, 2.05) is 53.1 Å². The van der Waals surface area contributed by atoms with Crippen molar-refractivity contribution >= 4 is 50.7 Å². The van der Waals surface area contributed by atoms with Gasteiger partial charge in [0.1, 0.15) is 0 Å². The molecule has 0 bridgehead atoms. The van der Waals surface area contributed by atoms with Gasteiger partial charge in [0.2, 0.25) is 5.91 Å². The Morgan fingerprint density at radius 2 is 2.04 bits per heavy atom. The zero-order valence-corrected chi connectivity index (χ0v) is 14.6. The third-order valence-corrected chi connectivity index (χ3v) is 5.41. The second-order valence-corrected chi connectivity index (χ2v) is 6.83. The van der Waals surface area contributed by atoms with Crippen molar-refractivity contribution in [3.8, 4) is 0 Å². The third kappa shape index (κ3) is 3.14. The first-order chi connectivity index (χ1) is 12.2. The fraction of sp³-hybridized carbons (Fsp3) is 0.0556. The Bertz CT molecular complexity index is 1100. The average Bonchev–Trinajstić information content (AvgIpc) is 3.20. The van der Waals surface area contributed by atoms with Crippen molar-refractivity contribution in [3.05, 3.63) is 70.5 Å². The van der Waals surface area contributed by atoms with Crippen LogP contribution in [0.1, 0.15) is 10.7 Å². The van der Waals surface area contributed by atoms with Crippen molar-refractivity contribution in [3.63, 3.8) is 0 Å². The first-order valence-electron chi connectivity index (χ1n) is 7.64. The predicted molar refractivity (Wildman–Crippen MR) is 101 cm³/mol. The molecule has 0 saturated carbocycles. The van der Waals surface area contributed by atoms with Crippen LogP contribution in [0, 0.1) is 0 Å². The normalized spacial score (nSPS) is 11.6. The summed E-state index contributed by atoms with van der Waals surface area (Å²) in [6, 6.07) is 13.6. The van der Waals surface area contributed by atoms with Gasteiger partial charge in [-0.2, -0.15) is 0 Å². The van der Waals surface area contributed by atoms with Crippen LogP contribution in [0.3, 0.4) is 0 Å². The number of pyridine rings is 1. The van der Waals surface area contributed by atoms with Gasteiger partial charge in [0.25, 0.3) is 0 Å². The number of carbonyl (C=O) groups is 1. The lowest BCUT2D eigenvalue weighted by Gasteiger charge is -2.00. The molecule has 0 aliphatic rings. The smallest absolute Gasteiger partial charge is 0.244 e. The van der Waals surface area contributed by atoms with E-state index in [1.165, 1.54) is 6.08 Å². The molecule has 0 unspecified atom stereocenters. The maximum atomic E-state index is 12.1. The molecule has 3 aromatic heterocycles. The zero-order chi connectivity index (χ0) is 17.2. The molecular formula is C18H13ClN4OS. The van der Waals surface area contributed by atoms with E-state index in [2.05, 4.69) is 15.5 Å². The molecule has 1 amide bonds. The fourth-order valence-electron chi connectivity index (χ4n) is 2.53. The Balaban J connectivity index is 1.46. The summed E-state index contributed by atoms with van der Waals surface area (Å²) in [5, 5.41) is 12.6. The van der Waals surface area contributed by atoms with Crippen LogP contribution in [0.4, 0.5) is 0 Å². The number of aromatic nitrogens is 3. The summed E-state index contributed by atoms with van der Waals surface area (Å²) >= 11 is 7.93. The van der Waals surface area contributed by atoms with Gasteiger partial charge in [-0.3, -0.25) is 9.20 Å². The molecule has 0 spiro atoms. The molecule has 4 rings (SSSR count). The van der Waals surface area contributed by atoms with E-state index in [9.17, 15) is 4.79 Å². The summed E-state index contributed by atoms with van der Waals surface area (Å²) in [6.07, 6.45) is 5.09. The zero-order valence-electron chi connectivity index (χ0n) is 13.0. The molecule has 0 atom stereocenters. The number of nitrogens with one attached hydrogen (secondary N) is 1. The van der Waals surface area contributed by atoms with Gasteiger partial charge < -0.3 is 5.32 Å². The first kappa shape index (κ1) is 15.8. The Labute approximate surface area is 152 Å². The van der Waals surface area contributed by atoms with Gasteiger partial charge >= 0.3 is 0 Å². The number of hydrogen-bond acceptors (Lipinski definition) is 4. The highest BCUT2D eigenvalue weighted by molar-refractivity contribution is 7.20. The molecule has 7 heteroatoms. The molecule has 0 aliphatic carbocycles. The molecule has 4 aromatic rings. The van der Waals surface area contributed by atoms with Gasteiger partial charge in [-0.15, -0.1) is 21.5 Å². The number of rotatable bonds is 4. The summed E-state index contributed by atoms with van der Waals surface area (Å²) in [5.74, 6) is 0.471. The fourth-order valence-corrected chi connectivity index (χ4v) is 3.93. The lowest BCUT2D eigenvalue weighted by Crippen LogP contribution is -2.21. The number of thiophene rings is 1. The molecule has 124 valence electrons. The van der Waals surface area contributed by atoms with Gasteiger partial charge in [0.15, 0.2) is 11.5 Å². The van der Waals surface area contributed by atoms with E-state index >= 15 is 0 Å². The van der Waals surface area contributed by atoms with Crippen LogP contribution >= 0.6 is 22.9 Å². The standard InChI is InChI=1S/C18H13ClN4OS/c19-18-12-5-1-2-6-13(12)25-14(18)8-9-17(24)20-11-16-22-21-15-7-3-4-10-23(15)16/h1-10H,11H2,(H,20,24)/b9-8-. The number of fused-ring (bicyclic) bond motifs is 2. The third-order valence-electron chi connectivity index (χ3n) is 3.75. The van der Waals surface area contributed by atoms with Crippen LogP contribution in [0.2, 0.25) is 5.02 Å². The van der Waals surface area contributed by atoms with Gasteiger partial charge in [0.05, 0.1) is 11.6 Å². The molecule has 1 aromatic carbocycles. The quantitative estimate of drug-likeness (QED) is 0.555. The second-order valence-electron chi connectivity index (χ2n) is 5.37. The molecule has 3 heterocycles. The van der Waals surface area contributed by atoms with E-state index in [0.29, 0.717) is 17.4 Å². The highest BCUT2D eigenvalue weighted by Crippen LogP contribution is 2.35. The van der Waals surface area contributed by atoms with E-state index < -0.39 is 0 Å². The van der Waals surface area contributed by atoms with Crippen molar-refractivity contribution in [1.82, 2.24) is 19.9 Å². The number of carbonyl (C=O) groups excluding carboxylic acids is 1. The Morgan fingerprint density at radius 1 is 1.20 bits per heavy atom. The summed E-state index contributed by atoms with van der Waals surface area (Å²) in [6.45, 7) is 0.300. The van der Waals surface area contributed by atoms with Crippen molar-refractivity contribution in [2.75, 3.05) is 0 Å². The van der Waals surface area contributed by atoms with E-state index in [-0.39, 0.29) is 5.91 Å². The molecule has 0 fully saturated rings. The minimum absolute atomic E-state index is 0.207. The van der Waals surface area contributed by atoms with Crippen LogP contribution < -0.4 is 5.32 Å². The predicted octanol–water partition coefficient (Wildman–Crippen LogP) is 3.93. The highest BCUT2D eigenvalue weighted by Gasteiger charge is 2.08. The number of benzene rings is 1. The van der Waals surface area contributed by atoms with Gasteiger partial charge in [0, 0.05) is 27.2 Å². The topological polar surface area (TPSA) is 59.3 Å². The molecule has 0 radical (unpaired) electrons. The minimum atomic E-state index is -0.207. The molecular weight excluding hydrogens is 356 g/mol. The summed E-state index contributed by atoms with van der Waals surface area (Å²) in [5.41, 5.74) is 0.749. The monoisotopic (exact) mass is 368 g/mol. The van der Waals surface area contributed by atoms with Crippen molar-refractivity contribution in [2.24, 2.45) is 0 Å². The van der Waals surface area contributed by atoms with Crippen LogP contribution in [0.25, 0.3) is 21.8 Å². The SMILES string of the molecule is O=C(/C=C\c1sc2ccccc2c1Cl)NCc1nnc2ccccn12. The van der Waals surface area contributed by atoms with Crippen LogP contribution in [-0.4, -0.2) is 20.5 Å². The molecule has 1 N–H and O–H groups in total. The molecule has 5 nitrogen and oxygen atoms in total. The van der Waals surface area contributed by atoms with Crippen molar-refractivity contribution < 1.29 is 4.79 Å². The summed E-state index contributed by atoms with van der Waals surface area (Å²) in [4.78, 5) is 12.9. The average molecular weight is 369 g/mol. The largest absolute Gasteiger partial charge is 0.345 e. The maximum Gasteiger partial charge on any atom is 0.244 e. The maximum absolute atomic E-state index is 12.1. The highest BCUT2D eigenvalue weighted by atomic mass is 35.5. The van der Waals surface area contributed by atoms with E-state index in [1.54, 1.807) is 17.4 Å². The lowest BCUT2D eigenvalue weighted by atomic mass is 10.2. The first-order valence-corrected chi connectivity index (χ1v) is 8.83. The van der Waals surface area contributed by atoms with Crippen molar-refractivity contribution in [2.45, 2.75) is 6.54 Å². The van der Waals surface area contributed by atoms with E-state index in [4.69, 9.17) is 11.6 Å².